The molecule has 1 saturated carbocycles. The van der Waals surface area contributed by atoms with Crippen molar-refractivity contribution in [2.45, 2.75) is 60.5 Å². The third kappa shape index (κ3) is 3.90. The molecule has 0 spiro atoms. The highest BCUT2D eigenvalue weighted by Crippen LogP contribution is 2.46. The SMILES string of the molecule is O=S(=O)(c1ccccc1)C1(CCCN2CCCC(c3ccccc3)C2)CCC1. The Morgan fingerprint density at radius 2 is 1.61 bits per heavy atom. The van der Waals surface area contributed by atoms with E-state index in [1.165, 1.54) is 18.4 Å². The molecule has 1 saturated heterocycles. The Morgan fingerprint density at radius 1 is 0.929 bits per heavy atom. The predicted octanol–water partition coefficient (Wildman–Crippen LogP) is 5.04. The van der Waals surface area contributed by atoms with E-state index in [2.05, 4.69) is 35.2 Å². The van der Waals surface area contributed by atoms with Crippen LogP contribution in [-0.2, 0) is 9.84 Å². The van der Waals surface area contributed by atoms with E-state index in [-0.39, 0.29) is 0 Å². The minimum Gasteiger partial charge on any atom is -0.303 e. The summed E-state index contributed by atoms with van der Waals surface area (Å²) in [5.41, 5.74) is 1.44. The molecule has 1 unspecified atom stereocenters. The van der Waals surface area contributed by atoms with E-state index in [1.807, 2.05) is 18.2 Å². The van der Waals surface area contributed by atoms with Gasteiger partial charge in [0.05, 0.1) is 9.64 Å². The lowest BCUT2D eigenvalue weighted by Gasteiger charge is -2.42. The molecule has 1 heterocycles. The van der Waals surface area contributed by atoms with Gasteiger partial charge >= 0.3 is 0 Å². The molecule has 1 atom stereocenters. The summed E-state index contributed by atoms with van der Waals surface area (Å²) >= 11 is 0. The van der Waals surface area contributed by atoms with Crippen molar-refractivity contribution in [3.8, 4) is 0 Å². The van der Waals surface area contributed by atoms with E-state index < -0.39 is 14.6 Å². The summed E-state index contributed by atoms with van der Waals surface area (Å²) in [6, 6.07) is 19.9. The van der Waals surface area contributed by atoms with Gasteiger partial charge in [0, 0.05) is 6.54 Å². The van der Waals surface area contributed by atoms with Crippen molar-refractivity contribution in [2.75, 3.05) is 19.6 Å². The van der Waals surface area contributed by atoms with Crippen LogP contribution in [0.2, 0.25) is 0 Å². The van der Waals surface area contributed by atoms with Crippen LogP contribution in [0.4, 0.5) is 0 Å². The highest BCUT2D eigenvalue weighted by atomic mass is 32.2. The number of nitrogens with zero attached hydrogens (tertiary/aromatic N) is 1. The lowest BCUT2D eigenvalue weighted by atomic mass is 9.80. The molecule has 0 amide bonds. The van der Waals surface area contributed by atoms with Gasteiger partial charge in [0.2, 0.25) is 0 Å². The molecule has 2 aromatic carbocycles. The first-order valence-electron chi connectivity index (χ1n) is 10.7. The number of likely N-dealkylation sites (tertiary alicyclic amines) is 1. The zero-order chi connectivity index (χ0) is 19.5. The highest BCUT2D eigenvalue weighted by molar-refractivity contribution is 7.93. The van der Waals surface area contributed by atoms with Crippen molar-refractivity contribution in [2.24, 2.45) is 0 Å². The Bertz CT molecular complexity index is 860. The zero-order valence-corrected chi connectivity index (χ0v) is 17.4. The zero-order valence-electron chi connectivity index (χ0n) is 16.6. The number of hydrogen-bond donors (Lipinski definition) is 0. The molecule has 1 aliphatic carbocycles. The molecular formula is C24H31NO2S. The number of piperidine rings is 1. The first-order valence-corrected chi connectivity index (χ1v) is 12.2. The molecule has 4 rings (SSSR count). The van der Waals surface area contributed by atoms with E-state index in [9.17, 15) is 8.42 Å². The van der Waals surface area contributed by atoms with E-state index >= 15 is 0 Å². The standard InChI is InChI=1S/C24H31NO2S/c26-28(27,23-13-5-2-6-14-23)24(15-8-16-24)17-9-19-25-18-7-12-22(20-25)21-10-3-1-4-11-21/h1-6,10-11,13-14,22H,7-9,12,15-20H2. The maximum Gasteiger partial charge on any atom is 0.184 e. The van der Waals surface area contributed by atoms with Gasteiger partial charge in [-0.25, -0.2) is 8.42 Å². The Balaban J connectivity index is 1.36. The second-order valence-corrected chi connectivity index (χ2v) is 10.9. The summed E-state index contributed by atoms with van der Waals surface area (Å²) in [6.07, 6.45) is 6.91. The third-order valence-electron chi connectivity index (χ3n) is 6.77. The summed E-state index contributed by atoms with van der Waals surface area (Å²) in [4.78, 5) is 3.04. The van der Waals surface area contributed by atoms with Crippen LogP contribution in [0.15, 0.2) is 65.6 Å². The Kier molecular flexibility index (Phi) is 5.88. The lowest BCUT2D eigenvalue weighted by molar-refractivity contribution is 0.195. The second kappa shape index (κ2) is 8.38. The largest absolute Gasteiger partial charge is 0.303 e. The molecule has 0 radical (unpaired) electrons. The molecule has 150 valence electrons. The van der Waals surface area contributed by atoms with Crippen LogP contribution in [0.3, 0.4) is 0 Å². The van der Waals surface area contributed by atoms with E-state index in [4.69, 9.17) is 0 Å². The molecule has 2 aromatic rings. The van der Waals surface area contributed by atoms with Crippen LogP contribution in [-0.4, -0.2) is 37.7 Å². The first kappa shape index (κ1) is 19.7. The Labute approximate surface area is 169 Å². The van der Waals surface area contributed by atoms with E-state index in [0.717, 1.165) is 51.7 Å². The van der Waals surface area contributed by atoms with Gasteiger partial charge in [-0.1, -0.05) is 55.0 Å². The fourth-order valence-corrected chi connectivity index (χ4v) is 7.21. The number of hydrogen-bond acceptors (Lipinski definition) is 3. The van der Waals surface area contributed by atoms with Gasteiger partial charge in [-0.3, -0.25) is 0 Å². The normalized spacial score (nSPS) is 22.5. The number of sulfone groups is 1. The van der Waals surface area contributed by atoms with Gasteiger partial charge in [-0.2, -0.15) is 0 Å². The average Bonchev–Trinajstić information content (AvgIpc) is 2.71. The van der Waals surface area contributed by atoms with Crippen LogP contribution in [0.5, 0.6) is 0 Å². The summed E-state index contributed by atoms with van der Waals surface area (Å²) in [5.74, 6) is 0.612. The molecule has 0 bridgehead atoms. The maximum absolute atomic E-state index is 13.2. The second-order valence-electron chi connectivity index (χ2n) is 8.51. The van der Waals surface area contributed by atoms with Gasteiger partial charge in [-0.05, 0) is 75.2 Å². The van der Waals surface area contributed by atoms with Crippen molar-refractivity contribution in [1.29, 1.82) is 0 Å². The molecule has 4 heteroatoms. The Morgan fingerprint density at radius 3 is 2.25 bits per heavy atom. The monoisotopic (exact) mass is 397 g/mol. The van der Waals surface area contributed by atoms with Gasteiger partial charge in [0.1, 0.15) is 0 Å². The molecule has 2 fully saturated rings. The van der Waals surface area contributed by atoms with Crippen molar-refractivity contribution in [3.63, 3.8) is 0 Å². The minimum absolute atomic E-state index is 0.497. The molecule has 3 nitrogen and oxygen atoms in total. The number of benzene rings is 2. The molecular weight excluding hydrogens is 366 g/mol. The van der Waals surface area contributed by atoms with Crippen LogP contribution < -0.4 is 0 Å². The molecule has 2 aliphatic rings. The van der Waals surface area contributed by atoms with Gasteiger partial charge in [0.15, 0.2) is 9.84 Å². The van der Waals surface area contributed by atoms with Gasteiger partial charge < -0.3 is 4.90 Å². The van der Waals surface area contributed by atoms with Crippen LogP contribution in [0.25, 0.3) is 0 Å². The summed E-state index contributed by atoms with van der Waals surface area (Å²) < 4.78 is 26.0. The van der Waals surface area contributed by atoms with Crippen molar-refractivity contribution in [1.82, 2.24) is 4.90 Å². The molecule has 0 N–H and O–H groups in total. The molecule has 1 aliphatic heterocycles. The highest BCUT2D eigenvalue weighted by Gasteiger charge is 2.48. The fraction of sp³-hybridized carbons (Fsp3) is 0.500. The third-order valence-corrected chi connectivity index (χ3v) is 9.42. The van der Waals surface area contributed by atoms with E-state index in [1.54, 1.807) is 12.1 Å². The smallest absolute Gasteiger partial charge is 0.184 e. The summed E-state index contributed by atoms with van der Waals surface area (Å²) in [6.45, 7) is 3.25. The van der Waals surface area contributed by atoms with Crippen LogP contribution >= 0.6 is 0 Å². The number of rotatable bonds is 7. The lowest BCUT2D eigenvalue weighted by Crippen LogP contribution is -2.46. The fourth-order valence-electron chi connectivity index (χ4n) is 4.95. The minimum atomic E-state index is -3.24. The van der Waals surface area contributed by atoms with Crippen LogP contribution in [0.1, 0.15) is 56.4 Å². The quantitative estimate of drug-likeness (QED) is 0.657. The molecule has 28 heavy (non-hydrogen) atoms. The van der Waals surface area contributed by atoms with Crippen LogP contribution in [0, 0.1) is 0 Å². The van der Waals surface area contributed by atoms with E-state index in [0.29, 0.717) is 10.8 Å². The van der Waals surface area contributed by atoms with Crippen molar-refractivity contribution in [3.05, 3.63) is 66.2 Å². The Hall–Kier alpha value is -1.65. The summed E-state index contributed by atoms with van der Waals surface area (Å²) in [5, 5.41) is 0. The topological polar surface area (TPSA) is 37.4 Å². The van der Waals surface area contributed by atoms with Gasteiger partial charge in [-0.15, -0.1) is 0 Å². The predicted molar refractivity (Wildman–Crippen MR) is 114 cm³/mol. The van der Waals surface area contributed by atoms with Crippen molar-refractivity contribution < 1.29 is 8.42 Å². The van der Waals surface area contributed by atoms with Crippen molar-refractivity contribution >= 4 is 9.84 Å². The average molecular weight is 398 g/mol. The summed E-state index contributed by atoms with van der Waals surface area (Å²) in [7, 11) is -3.24. The van der Waals surface area contributed by atoms with Gasteiger partial charge in [0.25, 0.3) is 0 Å². The first-order chi connectivity index (χ1) is 13.6. The molecule has 0 aromatic heterocycles. The maximum atomic E-state index is 13.2.